The van der Waals surface area contributed by atoms with Crippen LogP contribution in [-0.4, -0.2) is 17.0 Å². The normalized spacial score (nSPS) is 12.5. The van der Waals surface area contributed by atoms with Crippen molar-refractivity contribution in [3.8, 4) is 0 Å². The number of carbonyl (C=O) groups is 2. The molecule has 0 rings (SSSR count). The molecular formula is C4H5NO3. The molecule has 0 heterocycles. The first-order valence-corrected chi connectivity index (χ1v) is 1.75. The predicted molar refractivity (Wildman–Crippen MR) is 26.0 cm³/mol. The Morgan fingerprint density at radius 3 is 2.38 bits per heavy atom. The van der Waals surface area contributed by atoms with Gasteiger partial charge in [-0.1, -0.05) is 0 Å². The van der Waals surface area contributed by atoms with E-state index in [1.54, 1.807) is 0 Å². The standard InChI is InChI=1S/C4H5NO3/c5-3(6)1-2-4(7)8/h1-2H,(H2,5,6)(H,7,8)/b2-1+/i1D. The molecule has 0 fully saturated rings. The van der Waals surface area contributed by atoms with Gasteiger partial charge in [0, 0.05) is 12.1 Å². The largest absolute Gasteiger partial charge is 0.478 e. The molecule has 4 nitrogen and oxygen atoms in total. The molecule has 0 radical (unpaired) electrons. The summed E-state index contributed by atoms with van der Waals surface area (Å²) in [4.78, 5) is 19.6. The first kappa shape index (κ1) is 4.83. The summed E-state index contributed by atoms with van der Waals surface area (Å²) in [6.45, 7) is 0. The lowest BCUT2D eigenvalue weighted by molar-refractivity contribution is -0.131. The van der Waals surface area contributed by atoms with Gasteiger partial charge in [0.1, 0.15) is 0 Å². The fourth-order valence-electron chi connectivity index (χ4n) is 0.133. The Kier molecular flexibility index (Phi) is 1.68. The molecule has 4 heteroatoms. The molecule has 1 amide bonds. The molecule has 0 aromatic rings. The molecule has 44 valence electrons. The maximum absolute atomic E-state index is 9.94. The molecule has 0 aromatic heterocycles. The SMILES string of the molecule is [2H]/C(=C\C(=O)O)C(N)=O. The van der Waals surface area contributed by atoms with Crippen LogP contribution in [0.2, 0.25) is 0 Å². The van der Waals surface area contributed by atoms with Crippen molar-refractivity contribution < 1.29 is 16.1 Å². The van der Waals surface area contributed by atoms with E-state index in [9.17, 15) is 9.59 Å². The van der Waals surface area contributed by atoms with Gasteiger partial charge in [0.25, 0.3) is 0 Å². The maximum atomic E-state index is 9.94. The molecule has 0 aromatic carbocycles. The van der Waals surface area contributed by atoms with Crippen LogP contribution in [0.15, 0.2) is 12.1 Å². The van der Waals surface area contributed by atoms with Gasteiger partial charge < -0.3 is 10.8 Å². The van der Waals surface area contributed by atoms with E-state index in [-0.39, 0.29) is 0 Å². The van der Waals surface area contributed by atoms with E-state index in [4.69, 9.17) is 6.48 Å². The topological polar surface area (TPSA) is 80.4 Å². The number of carbonyl (C=O) groups excluding carboxylic acids is 1. The van der Waals surface area contributed by atoms with Gasteiger partial charge >= 0.3 is 5.97 Å². The Balaban J connectivity index is 4.17. The van der Waals surface area contributed by atoms with Gasteiger partial charge in [-0.3, -0.25) is 4.79 Å². The second-order valence-electron chi connectivity index (χ2n) is 0.991. The molecular weight excluding hydrogens is 110 g/mol. The maximum Gasteiger partial charge on any atom is 0.328 e. The Bertz CT molecular complexity index is 175. The van der Waals surface area contributed by atoms with Gasteiger partial charge in [-0.2, -0.15) is 0 Å². The van der Waals surface area contributed by atoms with Crippen LogP contribution >= 0.6 is 0 Å². The summed E-state index contributed by atoms with van der Waals surface area (Å²) < 4.78 is 6.56. The third-order valence-corrected chi connectivity index (χ3v) is 0.338. The van der Waals surface area contributed by atoms with Gasteiger partial charge in [-0.15, -0.1) is 0 Å². The zero-order valence-corrected chi connectivity index (χ0v) is 3.92. The van der Waals surface area contributed by atoms with E-state index >= 15 is 0 Å². The highest BCUT2D eigenvalue weighted by Crippen LogP contribution is 1.68. The number of hydrogen-bond acceptors (Lipinski definition) is 2. The fourth-order valence-corrected chi connectivity index (χ4v) is 0.133. The Morgan fingerprint density at radius 2 is 2.25 bits per heavy atom. The van der Waals surface area contributed by atoms with Gasteiger partial charge in [0.2, 0.25) is 5.91 Å². The quantitative estimate of drug-likeness (QED) is 0.459. The van der Waals surface area contributed by atoms with Crippen LogP contribution in [0.5, 0.6) is 0 Å². The van der Waals surface area contributed by atoms with Crippen molar-refractivity contribution in [2.75, 3.05) is 0 Å². The van der Waals surface area contributed by atoms with Gasteiger partial charge in [0.05, 0.1) is 1.37 Å². The number of carboxylic acid groups (broad SMARTS) is 1. The predicted octanol–water partition coefficient (Wildman–Crippen LogP) is -0.887. The first-order chi connectivity index (χ1) is 4.04. The Morgan fingerprint density at radius 1 is 1.75 bits per heavy atom. The van der Waals surface area contributed by atoms with Crippen molar-refractivity contribution >= 4 is 11.9 Å². The highest BCUT2D eigenvalue weighted by atomic mass is 16.4. The number of amides is 1. The minimum Gasteiger partial charge on any atom is -0.478 e. The van der Waals surface area contributed by atoms with Crippen LogP contribution in [0.3, 0.4) is 0 Å². The minimum absolute atomic E-state index is 0.433. The molecule has 0 atom stereocenters. The number of primary amides is 1. The van der Waals surface area contributed by atoms with E-state index in [0.717, 1.165) is 0 Å². The number of carboxylic acids is 1. The van der Waals surface area contributed by atoms with Crippen molar-refractivity contribution in [2.24, 2.45) is 5.73 Å². The van der Waals surface area contributed by atoms with Crippen LogP contribution in [0.1, 0.15) is 1.37 Å². The van der Waals surface area contributed by atoms with Crippen molar-refractivity contribution in [2.45, 2.75) is 0 Å². The van der Waals surface area contributed by atoms with Crippen molar-refractivity contribution in [1.82, 2.24) is 0 Å². The molecule has 3 N–H and O–H groups in total. The summed E-state index contributed by atoms with van der Waals surface area (Å²) in [7, 11) is 0. The van der Waals surface area contributed by atoms with Crippen molar-refractivity contribution in [1.29, 1.82) is 0 Å². The van der Waals surface area contributed by atoms with Gasteiger partial charge in [0.15, 0.2) is 0 Å². The van der Waals surface area contributed by atoms with Crippen LogP contribution in [0.25, 0.3) is 0 Å². The molecule has 0 unspecified atom stereocenters. The average Bonchev–Trinajstić information content (AvgIpc) is 1.63. The molecule has 0 saturated carbocycles. The average molecular weight is 116 g/mol. The van der Waals surface area contributed by atoms with Crippen LogP contribution in [0.4, 0.5) is 0 Å². The highest BCUT2D eigenvalue weighted by molar-refractivity contribution is 5.92. The summed E-state index contributed by atoms with van der Waals surface area (Å²) in [5.74, 6) is -2.39. The van der Waals surface area contributed by atoms with Crippen LogP contribution in [0, 0.1) is 0 Å². The van der Waals surface area contributed by atoms with E-state index in [1.807, 2.05) is 0 Å². The zero-order valence-electron chi connectivity index (χ0n) is 4.92. The summed E-state index contributed by atoms with van der Waals surface area (Å²) in [5.41, 5.74) is 4.53. The van der Waals surface area contributed by atoms with E-state index in [1.165, 1.54) is 0 Å². The molecule has 0 aliphatic heterocycles. The van der Waals surface area contributed by atoms with Crippen LogP contribution in [-0.2, 0) is 9.59 Å². The molecule has 0 aliphatic rings. The summed E-state index contributed by atoms with van der Waals surface area (Å²) in [6, 6.07) is -0.706. The smallest absolute Gasteiger partial charge is 0.328 e. The number of rotatable bonds is 2. The van der Waals surface area contributed by atoms with Gasteiger partial charge in [-0.25, -0.2) is 4.79 Å². The summed E-state index contributed by atoms with van der Waals surface area (Å²) in [5, 5.41) is 7.93. The lowest BCUT2D eigenvalue weighted by Gasteiger charge is -1.75. The number of nitrogens with two attached hydrogens (primary N) is 1. The Labute approximate surface area is 47.0 Å². The lowest BCUT2D eigenvalue weighted by atomic mass is 10.5. The molecule has 0 spiro atoms. The van der Waals surface area contributed by atoms with E-state index in [0.29, 0.717) is 6.08 Å². The highest BCUT2D eigenvalue weighted by Gasteiger charge is 1.86. The first-order valence-electron chi connectivity index (χ1n) is 2.25. The summed E-state index contributed by atoms with van der Waals surface area (Å²) >= 11 is 0. The number of hydrogen-bond donors (Lipinski definition) is 2. The van der Waals surface area contributed by atoms with E-state index in [2.05, 4.69) is 5.73 Å². The third kappa shape index (κ3) is 4.68. The zero-order chi connectivity index (χ0) is 7.44. The Hall–Kier alpha value is -1.32. The third-order valence-electron chi connectivity index (χ3n) is 0.338. The van der Waals surface area contributed by atoms with Gasteiger partial charge in [-0.05, 0) is 0 Å². The number of aliphatic carboxylic acids is 1. The molecule has 8 heavy (non-hydrogen) atoms. The monoisotopic (exact) mass is 116 g/mol. The van der Waals surface area contributed by atoms with Crippen molar-refractivity contribution in [3.63, 3.8) is 0 Å². The second kappa shape index (κ2) is 2.79. The van der Waals surface area contributed by atoms with Crippen molar-refractivity contribution in [3.05, 3.63) is 12.1 Å². The van der Waals surface area contributed by atoms with Crippen LogP contribution < -0.4 is 5.73 Å². The molecule has 0 saturated heterocycles. The molecule has 0 bridgehead atoms. The lowest BCUT2D eigenvalue weighted by Crippen LogP contribution is -2.06. The molecule has 0 aliphatic carbocycles. The summed E-state index contributed by atoms with van der Waals surface area (Å²) in [6.07, 6.45) is 0.433. The second-order valence-corrected chi connectivity index (χ2v) is 0.991. The fraction of sp³-hybridized carbons (Fsp3) is 0. The van der Waals surface area contributed by atoms with E-state index < -0.39 is 17.9 Å². The minimum atomic E-state index is -1.35.